The van der Waals surface area contributed by atoms with Crippen molar-refractivity contribution in [1.29, 1.82) is 0 Å². The third-order valence-corrected chi connectivity index (χ3v) is 8.38. The van der Waals surface area contributed by atoms with Gasteiger partial charge in [0.15, 0.2) is 5.82 Å². The molecule has 2 aliphatic heterocycles. The molecule has 6 rings (SSSR count). The van der Waals surface area contributed by atoms with Crippen LogP contribution in [0.15, 0.2) is 37.3 Å². The highest BCUT2D eigenvalue weighted by atomic mass is 35.5. The van der Waals surface area contributed by atoms with Gasteiger partial charge in [-0.1, -0.05) is 18.2 Å². The maximum Gasteiger partial charge on any atom is 0.246 e. The Labute approximate surface area is 236 Å². The van der Waals surface area contributed by atoms with Crippen molar-refractivity contribution in [2.24, 2.45) is 0 Å². The van der Waals surface area contributed by atoms with E-state index in [0.717, 1.165) is 13.1 Å². The van der Waals surface area contributed by atoms with Crippen LogP contribution in [-0.4, -0.2) is 99.3 Å². The molecule has 40 heavy (non-hydrogen) atoms. The Balaban J connectivity index is 1.52. The molecule has 0 radical (unpaired) electrons. The Hall–Kier alpha value is -3.83. The second kappa shape index (κ2) is 9.97. The summed E-state index contributed by atoms with van der Waals surface area (Å²) < 4.78 is 16.6. The predicted octanol–water partition coefficient (Wildman–Crippen LogP) is 3.72. The summed E-state index contributed by atoms with van der Waals surface area (Å²) in [7, 11) is 4.08. The summed E-state index contributed by atoms with van der Waals surface area (Å²) >= 11 is 6.81. The number of benzene rings is 1. The first-order chi connectivity index (χ1) is 19.2. The number of aromatic amines is 1. The molecule has 2 aliphatic rings. The van der Waals surface area contributed by atoms with Crippen molar-refractivity contribution in [3.05, 3.63) is 48.2 Å². The van der Waals surface area contributed by atoms with Crippen molar-refractivity contribution in [3.8, 4) is 11.1 Å². The minimum absolute atomic E-state index is 0.0812. The third kappa shape index (κ3) is 4.24. The molecule has 3 aromatic heterocycles. The van der Waals surface area contributed by atoms with E-state index in [1.807, 2.05) is 27.9 Å². The van der Waals surface area contributed by atoms with Gasteiger partial charge in [0, 0.05) is 72.4 Å². The minimum Gasteiger partial charge on any atom is -0.349 e. The topological polar surface area (TPSA) is 97.4 Å². The van der Waals surface area contributed by atoms with E-state index in [2.05, 4.69) is 36.5 Å². The van der Waals surface area contributed by atoms with E-state index in [0.29, 0.717) is 52.8 Å². The lowest BCUT2D eigenvalue weighted by Gasteiger charge is -2.45. The Morgan fingerprint density at radius 1 is 1.12 bits per heavy atom. The number of nitrogens with zero attached hydrogens (tertiary/aromatic N) is 8. The van der Waals surface area contributed by atoms with E-state index < -0.39 is 5.82 Å². The molecule has 1 aromatic carbocycles. The van der Waals surface area contributed by atoms with Crippen molar-refractivity contribution >= 4 is 51.1 Å². The van der Waals surface area contributed by atoms with Crippen LogP contribution < -0.4 is 9.80 Å². The first kappa shape index (κ1) is 26.4. The van der Waals surface area contributed by atoms with Crippen LogP contribution in [0.3, 0.4) is 0 Å². The number of halogens is 2. The lowest BCUT2D eigenvalue weighted by molar-refractivity contribution is -0.128. The number of anilines is 2. The normalized spacial score (nSPS) is 20.0. The molecule has 208 valence electrons. The molecule has 1 N–H and O–H groups in total. The van der Waals surface area contributed by atoms with Crippen LogP contribution in [0.25, 0.3) is 32.9 Å². The van der Waals surface area contributed by atoms with E-state index in [4.69, 9.17) is 21.6 Å². The standard InChI is InChI=1S/C28H31ClFN9O/c1-6-23(40)38-11-16(3)39(12-15(38)2)27-18-7-21(29)24(20-8-31-10-22-19(20)9-32-35-22)25(30)26(18)33-28(34-27)37-13-17(14-37)36(4)5/h6-10,15-17H,1,11-14H2,2-5H3,(H,32,35)/t15-,16+/m1/s1. The Kier molecular flexibility index (Phi) is 6.58. The first-order valence-electron chi connectivity index (χ1n) is 13.3. The molecule has 10 nitrogen and oxygen atoms in total. The number of rotatable bonds is 5. The number of fused-ring (bicyclic) bond motifs is 2. The Bertz CT molecular complexity index is 1630. The van der Waals surface area contributed by atoms with Crippen molar-refractivity contribution in [3.63, 3.8) is 0 Å². The van der Waals surface area contributed by atoms with Crippen molar-refractivity contribution in [2.75, 3.05) is 50.1 Å². The summed E-state index contributed by atoms with van der Waals surface area (Å²) in [4.78, 5) is 34.6. The molecule has 2 saturated heterocycles. The lowest BCUT2D eigenvalue weighted by atomic mass is 10.0. The summed E-state index contributed by atoms with van der Waals surface area (Å²) in [6.07, 6.45) is 6.21. The number of aromatic nitrogens is 5. The Morgan fingerprint density at radius 3 is 2.62 bits per heavy atom. The maximum absolute atomic E-state index is 16.6. The fraction of sp³-hybridized carbons (Fsp3) is 0.393. The zero-order chi connectivity index (χ0) is 28.3. The molecule has 0 saturated carbocycles. The van der Waals surface area contributed by atoms with Crippen LogP contribution in [0.1, 0.15) is 13.8 Å². The fourth-order valence-corrected chi connectivity index (χ4v) is 5.93. The monoisotopic (exact) mass is 563 g/mol. The molecule has 12 heteroatoms. The molecule has 0 spiro atoms. The van der Waals surface area contributed by atoms with Gasteiger partial charge in [-0.2, -0.15) is 10.1 Å². The van der Waals surface area contributed by atoms with Crippen LogP contribution in [0.4, 0.5) is 16.2 Å². The van der Waals surface area contributed by atoms with E-state index in [1.165, 1.54) is 6.08 Å². The molecule has 2 fully saturated rings. The number of hydrogen-bond donors (Lipinski definition) is 1. The van der Waals surface area contributed by atoms with Crippen LogP contribution in [0.2, 0.25) is 5.02 Å². The van der Waals surface area contributed by atoms with Gasteiger partial charge in [0.1, 0.15) is 11.3 Å². The quantitative estimate of drug-likeness (QED) is 0.367. The zero-order valence-electron chi connectivity index (χ0n) is 22.9. The molecular weight excluding hydrogens is 533 g/mol. The molecule has 4 aromatic rings. The van der Waals surface area contributed by atoms with E-state index in [-0.39, 0.29) is 34.1 Å². The summed E-state index contributed by atoms with van der Waals surface area (Å²) in [5.41, 5.74) is 1.63. The zero-order valence-corrected chi connectivity index (χ0v) is 23.7. The van der Waals surface area contributed by atoms with Gasteiger partial charge in [0.25, 0.3) is 0 Å². The van der Waals surface area contributed by atoms with Gasteiger partial charge in [-0.05, 0) is 40.1 Å². The lowest BCUT2D eigenvalue weighted by Crippen LogP contribution is -2.59. The molecule has 5 heterocycles. The summed E-state index contributed by atoms with van der Waals surface area (Å²) in [6, 6.07) is 1.93. The van der Waals surface area contributed by atoms with Crippen LogP contribution in [-0.2, 0) is 4.79 Å². The number of piperazine rings is 1. The molecule has 0 bridgehead atoms. The highest BCUT2D eigenvalue weighted by Crippen LogP contribution is 2.41. The van der Waals surface area contributed by atoms with Crippen LogP contribution in [0, 0.1) is 5.82 Å². The number of carbonyl (C=O) groups excluding carboxylic acids is 1. The second-order valence-electron chi connectivity index (χ2n) is 10.9. The number of pyridine rings is 1. The number of hydrogen-bond acceptors (Lipinski definition) is 8. The maximum atomic E-state index is 16.6. The average molecular weight is 564 g/mol. The van der Waals surface area contributed by atoms with Gasteiger partial charge < -0.3 is 19.6 Å². The predicted molar refractivity (Wildman–Crippen MR) is 155 cm³/mol. The van der Waals surface area contributed by atoms with Crippen LogP contribution >= 0.6 is 11.6 Å². The third-order valence-electron chi connectivity index (χ3n) is 8.08. The van der Waals surface area contributed by atoms with Gasteiger partial charge in [-0.15, -0.1) is 0 Å². The highest BCUT2D eigenvalue weighted by molar-refractivity contribution is 6.35. The van der Waals surface area contributed by atoms with Gasteiger partial charge in [-0.25, -0.2) is 9.37 Å². The summed E-state index contributed by atoms with van der Waals surface area (Å²) in [5.74, 6) is 0.430. The minimum atomic E-state index is -0.534. The molecule has 0 unspecified atom stereocenters. The van der Waals surface area contributed by atoms with Crippen molar-refractivity contribution in [1.82, 2.24) is 34.9 Å². The fourth-order valence-electron chi connectivity index (χ4n) is 5.63. The van der Waals surface area contributed by atoms with Crippen molar-refractivity contribution in [2.45, 2.75) is 32.0 Å². The highest BCUT2D eigenvalue weighted by Gasteiger charge is 2.36. The number of likely N-dealkylation sites (N-methyl/N-ethyl adjacent to an activating group) is 1. The number of H-pyrrole nitrogens is 1. The van der Waals surface area contributed by atoms with Gasteiger partial charge in [0.05, 0.1) is 22.9 Å². The summed E-state index contributed by atoms with van der Waals surface area (Å²) in [5, 5.41) is 8.44. The second-order valence-corrected chi connectivity index (χ2v) is 11.3. The summed E-state index contributed by atoms with van der Waals surface area (Å²) in [6.45, 7) is 10.2. The number of carbonyl (C=O) groups is 1. The van der Waals surface area contributed by atoms with E-state index in [9.17, 15) is 4.79 Å². The average Bonchev–Trinajstić information content (AvgIpc) is 3.38. The first-order valence-corrected chi connectivity index (χ1v) is 13.6. The number of amides is 1. The SMILES string of the molecule is C=CC(=O)N1C[C@H](C)N(c2nc(N3CC(N(C)C)C3)nc3c(F)c(-c4cncc5[nH]ncc45)c(Cl)cc23)C[C@H]1C. The molecular formula is C28H31ClFN9O. The molecule has 2 atom stereocenters. The van der Waals surface area contributed by atoms with Gasteiger partial charge in [-0.3, -0.25) is 14.9 Å². The van der Waals surface area contributed by atoms with Crippen molar-refractivity contribution < 1.29 is 9.18 Å². The van der Waals surface area contributed by atoms with Gasteiger partial charge >= 0.3 is 0 Å². The van der Waals surface area contributed by atoms with Crippen LogP contribution in [0.5, 0.6) is 0 Å². The smallest absolute Gasteiger partial charge is 0.246 e. The largest absolute Gasteiger partial charge is 0.349 e. The molecule has 0 aliphatic carbocycles. The Morgan fingerprint density at radius 2 is 1.90 bits per heavy atom. The van der Waals surface area contributed by atoms with Gasteiger partial charge in [0.2, 0.25) is 11.9 Å². The van der Waals surface area contributed by atoms with E-state index in [1.54, 1.807) is 29.6 Å². The molecule has 1 amide bonds. The number of nitrogens with one attached hydrogen (secondary N) is 1. The van der Waals surface area contributed by atoms with E-state index >= 15 is 4.39 Å².